The molecule has 1 saturated heterocycles. The number of hydrogen-bond donors (Lipinski definition) is 1. The van der Waals surface area contributed by atoms with E-state index in [0.29, 0.717) is 0 Å². The van der Waals surface area contributed by atoms with E-state index in [0.717, 1.165) is 37.0 Å². The van der Waals surface area contributed by atoms with Crippen LogP contribution in [0.25, 0.3) is 0 Å². The Kier molecular flexibility index (Phi) is 4.08. The Hall–Kier alpha value is -0.860. The van der Waals surface area contributed by atoms with Crippen LogP contribution in [0.15, 0.2) is 30.3 Å². The van der Waals surface area contributed by atoms with Crippen LogP contribution in [0.5, 0.6) is 0 Å². The lowest BCUT2D eigenvalue weighted by atomic mass is 9.87. The van der Waals surface area contributed by atoms with Gasteiger partial charge < -0.3 is 5.11 Å². The maximum Gasteiger partial charge on any atom is 0.0994 e. The van der Waals surface area contributed by atoms with E-state index in [2.05, 4.69) is 18.7 Å². The van der Waals surface area contributed by atoms with Crippen LogP contribution in [0, 0.1) is 11.8 Å². The Balaban J connectivity index is 2.00. The first-order valence-corrected chi connectivity index (χ1v) is 6.99. The van der Waals surface area contributed by atoms with Crippen LogP contribution in [0.1, 0.15) is 32.8 Å². The fourth-order valence-corrected chi connectivity index (χ4v) is 2.82. The fourth-order valence-electron chi connectivity index (χ4n) is 2.82. The third kappa shape index (κ3) is 3.12. The van der Waals surface area contributed by atoms with E-state index < -0.39 is 5.60 Å². The molecule has 3 atom stereocenters. The fraction of sp³-hybridized carbons (Fsp3) is 0.625. The lowest BCUT2D eigenvalue weighted by Gasteiger charge is -2.39. The van der Waals surface area contributed by atoms with E-state index in [4.69, 9.17) is 0 Å². The molecule has 0 amide bonds. The second kappa shape index (κ2) is 5.41. The largest absolute Gasteiger partial charge is 0.384 e. The van der Waals surface area contributed by atoms with Crippen LogP contribution >= 0.6 is 0 Å². The monoisotopic (exact) mass is 247 g/mol. The first kappa shape index (κ1) is 13.6. The number of hydrogen-bond acceptors (Lipinski definition) is 2. The minimum atomic E-state index is -0.748. The van der Waals surface area contributed by atoms with Gasteiger partial charge in [-0.3, -0.25) is 4.90 Å². The van der Waals surface area contributed by atoms with Crippen molar-refractivity contribution in [2.45, 2.75) is 32.8 Å². The Labute approximate surface area is 111 Å². The molecule has 2 heteroatoms. The molecule has 18 heavy (non-hydrogen) atoms. The molecule has 2 rings (SSSR count). The first-order valence-electron chi connectivity index (χ1n) is 6.99. The zero-order valence-electron chi connectivity index (χ0n) is 11.8. The van der Waals surface area contributed by atoms with Crippen LogP contribution in [-0.4, -0.2) is 29.6 Å². The maximum atomic E-state index is 10.6. The van der Waals surface area contributed by atoms with E-state index in [1.807, 2.05) is 37.3 Å². The number of nitrogens with zero attached hydrogens (tertiary/aromatic N) is 1. The van der Waals surface area contributed by atoms with Crippen LogP contribution in [0.3, 0.4) is 0 Å². The van der Waals surface area contributed by atoms with Crippen molar-refractivity contribution in [2.75, 3.05) is 19.6 Å². The second-order valence-corrected chi connectivity index (χ2v) is 6.12. The van der Waals surface area contributed by atoms with Gasteiger partial charge >= 0.3 is 0 Å². The summed E-state index contributed by atoms with van der Waals surface area (Å²) in [6, 6.07) is 9.99. The van der Waals surface area contributed by atoms with Gasteiger partial charge in [0.1, 0.15) is 0 Å². The highest BCUT2D eigenvalue weighted by atomic mass is 16.3. The van der Waals surface area contributed by atoms with Gasteiger partial charge in [-0.15, -0.1) is 0 Å². The van der Waals surface area contributed by atoms with Crippen molar-refractivity contribution in [3.8, 4) is 0 Å². The van der Waals surface area contributed by atoms with E-state index in [1.54, 1.807) is 0 Å². The van der Waals surface area contributed by atoms with Gasteiger partial charge in [-0.1, -0.05) is 44.2 Å². The predicted octanol–water partition coefficient (Wildman–Crippen LogP) is 2.87. The minimum Gasteiger partial charge on any atom is -0.384 e. The molecule has 0 bridgehead atoms. The SMILES string of the molecule is CC1CCN(CC(C)(O)c2ccccc2)CC1C. The van der Waals surface area contributed by atoms with Crippen molar-refractivity contribution in [1.29, 1.82) is 0 Å². The summed E-state index contributed by atoms with van der Waals surface area (Å²) in [5, 5.41) is 10.6. The standard InChI is InChI=1S/C16H25NO/c1-13-9-10-17(11-14(13)2)12-16(3,18)15-7-5-4-6-8-15/h4-8,13-14,18H,9-12H2,1-3H3. The molecule has 1 N–H and O–H groups in total. The molecule has 1 aliphatic heterocycles. The summed E-state index contributed by atoms with van der Waals surface area (Å²) in [5.41, 5.74) is 0.262. The molecule has 0 aromatic heterocycles. The van der Waals surface area contributed by atoms with Crippen LogP contribution in [0.2, 0.25) is 0 Å². The lowest BCUT2D eigenvalue weighted by molar-refractivity contribution is -0.00232. The quantitative estimate of drug-likeness (QED) is 0.888. The van der Waals surface area contributed by atoms with Gasteiger partial charge in [-0.25, -0.2) is 0 Å². The predicted molar refractivity (Wildman–Crippen MR) is 75.4 cm³/mol. The van der Waals surface area contributed by atoms with Crippen molar-refractivity contribution in [3.63, 3.8) is 0 Å². The summed E-state index contributed by atoms with van der Waals surface area (Å²) in [4.78, 5) is 2.40. The normalized spacial score (nSPS) is 28.9. The summed E-state index contributed by atoms with van der Waals surface area (Å²) in [6.07, 6.45) is 1.24. The molecule has 0 aliphatic carbocycles. The Bertz CT molecular complexity index is 374. The van der Waals surface area contributed by atoms with Gasteiger partial charge in [0.15, 0.2) is 0 Å². The topological polar surface area (TPSA) is 23.5 Å². The number of rotatable bonds is 3. The summed E-state index contributed by atoms with van der Waals surface area (Å²) in [6.45, 7) is 9.50. The molecule has 0 spiro atoms. The van der Waals surface area contributed by atoms with E-state index >= 15 is 0 Å². The Morgan fingerprint density at radius 2 is 1.89 bits per heavy atom. The molecule has 1 aromatic carbocycles. The van der Waals surface area contributed by atoms with Crippen molar-refractivity contribution in [2.24, 2.45) is 11.8 Å². The van der Waals surface area contributed by atoms with Crippen molar-refractivity contribution in [3.05, 3.63) is 35.9 Å². The van der Waals surface area contributed by atoms with Crippen LogP contribution in [-0.2, 0) is 5.60 Å². The third-order valence-electron chi connectivity index (χ3n) is 4.35. The van der Waals surface area contributed by atoms with Gasteiger partial charge in [0.2, 0.25) is 0 Å². The Morgan fingerprint density at radius 3 is 2.50 bits per heavy atom. The molecule has 100 valence electrons. The maximum absolute atomic E-state index is 10.6. The molecule has 1 fully saturated rings. The molecular weight excluding hydrogens is 222 g/mol. The summed E-state index contributed by atoms with van der Waals surface area (Å²) in [5.74, 6) is 1.54. The molecule has 1 aliphatic rings. The van der Waals surface area contributed by atoms with Crippen LogP contribution in [0.4, 0.5) is 0 Å². The van der Waals surface area contributed by atoms with E-state index in [9.17, 15) is 5.11 Å². The highest BCUT2D eigenvalue weighted by molar-refractivity contribution is 5.21. The third-order valence-corrected chi connectivity index (χ3v) is 4.35. The zero-order chi connectivity index (χ0) is 13.2. The van der Waals surface area contributed by atoms with Crippen molar-refractivity contribution < 1.29 is 5.11 Å². The van der Waals surface area contributed by atoms with Crippen LogP contribution < -0.4 is 0 Å². The molecular formula is C16H25NO. The Morgan fingerprint density at radius 1 is 1.22 bits per heavy atom. The highest BCUT2D eigenvalue weighted by Gasteiger charge is 2.30. The summed E-state index contributed by atoms with van der Waals surface area (Å²) in [7, 11) is 0. The van der Waals surface area contributed by atoms with Crippen molar-refractivity contribution in [1.82, 2.24) is 4.90 Å². The second-order valence-electron chi connectivity index (χ2n) is 6.12. The smallest absolute Gasteiger partial charge is 0.0994 e. The number of benzene rings is 1. The molecule has 0 saturated carbocycles. The van der Waals surface area contributed by atoms with Gasteiger partial charge in [0, 0.05) is 13.1 Å². The number of aliphatic hydroxyl groups is 1. The van der Waals surface area contributed by atoms with Gasteiger partial charge in [0.05, 0.1) is 5.60 Å². The van der Waals surface area contributed by atoms with Gasteiger partial charge in [0.25, 0.3) is 0 Å². The van der Waals surface area contributed by atoms with Gasteiger partial charge in [-0.05, 0) is 37.3 Å². The number of β-amino-alcohol motifs (C(OH)–C–C–N with tert-alkyl or cyclic N) is 1. The molecule has 1 heterocycles. The average molecular weight is 247 g/mol. The number of likely N-dealkylation sites (tertiary alicyclic amines) is 1. The minimum absolute atomic E-state index is 0.727. The molecule has 0 radical (unpaired) electrons. The lowest BCUT2D eigenvalue weighted by Crippen LogP contribution is -2.45. The average Bonchev–Trinajstić information content (AvgIpc) is 2.35. The summed E-state index contributed by atoms with van der Waals surface area (Å²) < 4.78 is 0. The molecule has 3 unspecified atom stereocenters. The van der Waals surface area contributed by atoms with E-state index in [-0.39, 0.29) is 0 Å². The molecule has 1 aromatic rings. The number of piperidine rings is 1. The molecule has 2 nitrogen and oxygen atoms in total. The van der Waals surface area contributed by atoms with Gasteiger partial charge in [-0.2, -0.15) is 0 Å². The first-order chi connectivity index (χ1) is 8.49. The zero-order valence-corrected chi connectivity index (χ0v) is 11.8. The van der Waals surface area contributed by atoms with E-state index in [1.165, 1.54) is 6.42 Å². The van der Waals surface area contributed by atoms with Crippen molar-refractivity contribution >= 4 is 0 Å². The summed E-state index contributed by atoms with van der Waals surface area (Å²) >= 11 is 0. The highest BCUT2D eigenvalue weighted by Crippen LogP contribution is 2.27.